The van der Waals surface area contributed by atoms with Gasteiger partial charge in [0.25, 0.3) is 11.7 Å². The summed E-state index contributed by atoms with van der Waals surface area (Å²) in [6.07, 6.45) is 1.83. The number of carbonyl (C=O) groups is 1. The normalized spacial score (nSPS) is 11.7. The Bertz CT molecular complexity index is 1190. The molecule has 0 saturated carbocycles. The van der Waals surface area contributed by atoms with E-state index in [1.54, 1.807) is 18.2 Å². The SMILES string of the molecule is Cc1sc(NC(=O)c2ccccc2)c([C@@H](Nc2cccc[nH+]2)c2cccc(F)c2)c1C. The van der Waals surface area contributed by atoms with Crippen LogP contribution in [0.5, 0.6) is 0 Å². The Kier molecular flexibility index (Phi) is 6.09. The van der Waals surface area contributed by atoms with Crippen molar-refractivity contribution in [3.05, 3.63) is 112 Å². The lowest BCUT2D eigenvalue weighted by molar-refractivity contribution is -0.361. The van der Waals surface area contributed by atoms with Crippen molar-refractivity contribution in [1.29, 1.82) is 0 Å². The molecule has 2 heterocycles. The van der Waals surface area contributed by atoms with Crippen molar-refractivity contribution < 1.29 is 14.2 Å². The number of aromatic nitrogens is 1. The third-order valence-corrected chi connectivity index (χ3v) is 6.31. The van der Waals surface area contributed by atoms with Gasteiger partial charge in [-0.05, 0) is 49.7 Å². The molecule has 156 valence electrons. The molecule has 0 fully saturated rings. The fraction of sp³-hybridized carbons (Fsp3) is 0.120. The fourth-order valence-electron chi connectivity index (χ4n) is 3.50. The van der Waals surface area contributed by atoms with E-state index in [0.717, 1.165) is 32.4 Å². The van der Waals surface area contributed by atoms with Gasteiger partial charge in [0, 0.05) is 27.6 Å². The van der Waals surface area contributed by atoms with Gasteiger partial charge in [-0.25, -0.2) is 9.37 Å². The van der Waals surface area contributed by atoms with Crippen LogP contribution < -0.4 is 15.6 Å². The maximum Gasteiger partial charge on any atom is 0.272 e. The zero-order chi connectivity index (χ0) is 21.8. The molecule has 4 aromatic rings. The summed E-state index contributed by atoms with van der Waals surface area (Å²) in [5.74, 6) is 0.313. The summed E-state index contributed by atoms with van der Waals surface area (Å²) < 4.78 is 14.1. The molecule has 31 heavy (non-hydrogen) atoms. The maximum atomic E-state index is 14.1. The number of hydrogen-bond donors (Lipinski definition) is 2. The third kappa shape index (κ3) is 4.64. The Labute approximate surface area is 184 Å². The van der Waals surface area contributed by atoms with Gasteiger partial charge in [-0.15, -0.1) is 11.3 Å². The van der Waals surface area contributed by atoms with Crippen molar-refractivity contribution in [2.45, 2.75) is 19.9 Å². The van der Waals surface area contributed by atoms with Crippen LogP contribution in [0, 0.1) is 19.7 Å². The number of hydrogen-bond acceptors (Lipinski definition) is 3. The standard InChI is InChI=1S/C25H22FN3OS/c1-16-17(2)31-25(29-24(30)18-9-4-3-5-10-18)22(16)23(19-11-8-12-20(26)15-19)28-21-13-6-7-14-27-21/h3-15,23H,1-2H3,(H,27,28)(H,29,30)/p+1/t23-/m0/s1. The largest absolute Gasteiger partial charge is 0.313 e. The van der Waals surface area contributed by atoms with Crippen LogP contribution >= 0.6 is 11.3 Å². The highest BCUT2D eigenvalue weighted by atomic mass is 32.1. The van der Waals surface area contributed by atoms with Crippen LogP contribution in [-0.2, 0) is 0 Å². The van der Waals surface area contributed by atoms with E-state index in [2.05, 4.69) is 15.6 Å². The topological polar surface area (TPSA) is 55.3 Å². The Morgan fingerprint density at radius 3 is 2.48 bits per heavy atom. The van der Waals surface area contributed by atoms with Gasteiger partial charge >= 0.3 is 0 Å². The number of aromatic amines is 1. The highest BCUT2D eigenvalue weighted by Gasteiger charge is 2.28. The Balaban J connectivity index is 1.78. The van der Waals surface area contributed by atoms with Gasteiger partial charge in [0.05, 0.1) is 6.20 Å². The summed E-state index contributed by atoms with van der Waals surface area (Å²) in [6.45, 7) is 4.06. The molecule has 3 N–H and O–H groups in total. The quantitative estimate of drug-likeness (QED) is 0.406. The molecule has 0 aliphatic rings. The van der Waals surface area contributed by atoms with Crippen molar-refractivity contribution in [3.8, 4) is 0 Å². The number of anilines is 2. The summed E-state index contributed by atoms with van der Waals surface area (Å²) in [6, 6.07) is 21.0. The van der Waals surface area contributed by atoms with E-state index in [1.165, 1.54) is 23.5 Å². The minimum atomic E-state index is -0.356. The van der Waals surface area contributed by atoms with Crippen molar-refractivity contribution in [3.63, 3.8) is 0 Å². The summed E-state index contributed by atoms with van der Waals surface area (Å²) in [4.78, 5) is 17.1. The number of aryl methyl sites for hydroxylation is 1. The Morgan fingerprint density at radius 1 is 1.00 bits per heavy atom. The average molecular weight is 433 g/mol. The molecular weight excluding hydrogens is 409 g/mol. The van der Waals surface area contributed by atoms with Gasteiger partial charge in [0.15, 0.2) is 0 Å². The van der Waals surface area contributed by atoms with Gasteiger partial charge in [-0.1, -0.05) is 36.4 Å². The van der Waals surface area contributed by atoms with Crippen LogP contribution in [0.25, 0.3) is 0 Å². The molecule has 6 heteroatoms. The number of H-pyrrole nitrogens is 1. The predicted octanol–water partition coefficient (Wildman–Crippen LogP) is 5.77. The maximum absolute atomic E-state index is 14.1. The number of nitrogens with one attached hydrogen (secondary N) is 3. The van der Waals surface area contributed by atoms with E-state index < -0.39 is 0 Å². The van der Waals surface area contributed by atoms with Gasteiger partial charge in [-0.3, -0.25) is 10.1 Å². The lowest BCUT2D eigenvalue weighted by Crippen LogP contribution is -2.21. The van der Waals surface area contributed by atoms with Crippen LogP contribution in [0.2, 0.25) is 0 Å². The monoisotopic (exact) mass is 432 g/mol. The molecule has 0 bridgehead atoms. The Morgan fingerprint density at radius 2 is 1.77 bits per heavy atom. The predicted molar refractivity (Wildman–Crippen MR) is 123 cm³/mol. The summed E-state index contributed by atoms with van der Waals surface area (Å²) in [5.41, 5.74) is 3.35. The van der Waals surface area contributed by atoms with Gasteiger partial charge in [-0.2, -0.15) is 0 Å². The van der Waals surface area contributed by atoms with Gasteiger partial charge in [0.2, 0.25) is 0 Å². The molecule has 0 saturated heterocycles. The van der Waals surface area contributed by atoms with Crippen molar-refractivity contribution >= 4 is 28.1 Å². The average Bonchev–Trinajstić information content (AvgIpc) is 3.06. The first-order chi connectivity index (χ1) is 15.0. The van der Waals surface area contributed by atoms with E-state index in [0.29, 0.717) is 5.56 Å². The molecule has 0 unspecified atom stereocenters. The zero-order valence-corrected chi connectivity index (χ0v) is 18.1. The smallest absolute Gasteiger partial charge is 0.272 e. The molecular formula is C25H23FN3OS+. The lowest BCUT2D eigenvalue weighted by Gasteiger charge is -2.18. The lowest BCUT2D eigenvalue weighted by atomic mass is 9.96. The molecule has 1 atom stereocenters. The molecule has 1 amide bonds. The van der Waals surface area contributed by atoms with E-state index in [1.807, 2.05) is 62.5 Å². The highest BCUT2D eigenvalue weighted by molar-refractivity contribution is 7.16. The molecule has 0 aliphatic carbocycles. The van der Waals surface area contributed by atoms with Crippen LogP contribution in [0.4, 0.5) is 15.2 Å². The van der Waals surface area contributed by atoms with E-state index in [9.17, 15) is 9.18 Å². The highest BCUT2D eigenvalue weighted by Crippen LogP contribution is 2.40. The van der Waals surface area contributed by atoms with Gasteiger partial charge in [0.1, 0.15) is 16.9 Å². The first kappa shape index (κ1) is 20.8. The Hall–Kier alpha value is -3.51. The molecule has 2 aromatic heterocycles. The summed E-state index contributed by atoms with van der Waals surface area (Å²) >= 11 is 1.53. The number of pyridine rings is 1. The molecule has 4 rings (SSSR count). The van der Waals surface area contributed by atoms with Crippen LogP contribution in [-0.4, -0.2) is 5.91 Å². The minimum Gasteiger partial charge on any atom is -0.313 e. The second-order valence-electron chi connectivity index (χ2n) is 7.25. The fourth-order valence-corrected chi connectivity index (χ4v) is 4.59. The zero-order valence-electron chi connectivity index (χ0n) is 17.3. The van der Waals surface area contributed by atoms with E-state index >= 15 is 0 Å². The van der Waals surface area contributed by atoms with Crippen molar-refractivity contribution in [2.75, 3.05) is 10.6 Å². The van der Waals surface area contributed by atoms with Crippen LogP contribution in [0.1, 0.15) is 38.0 Å². The number of rotatable bonds is 6. The van der Waals surface area contributed by atoms with Crippen LogP contribution in [0.15, 0.2) is 79.0 Å². The molecule has 0 radical (unpaired) electrons. The minimum absolute atomic E-state index is 0.174. The van der Waals surface area contributed by atoms with Gasteiger partial charge < -0.3 is 5.32 Å². The first-order valence-corrected chi connectivity index (χ1v) is 10.8. The van der Waals surface area contributed by atoms with Crippen molar-refractivity contribution in [2.24, 2.45) is 0 Å². The number of halogens is 1. The molecule has 2 aromatic carbocycles. The third-order valence-electron chi connectivity index (χ3n) is 5.17. The number of carbonyl (C=O) groups excluding carboxylic acids is 1. The second-order valence-corrected chi connectivity index (χ2v) is 8.48. The summed E-state index contributed by atoms with van der Waals surface area (Å²) in [5, 5.41) is 7.31. The molecule has 4 nitrogen and oxygen atoms in total. The molecule has 0 aliphatic heterocycles. The number of benzene rings is 2. The van der Waals surface area contributed by atoms with Crippen LogP contribution in [0.3, 0.4) is 0 Å². The molecule has 0 spiro atoms. The van der Waals surface area contributed by atoms with E-state index in [4.69, 9.17) is 0 Å². The number of amides is 1. The van der Waals surface area contributed by atoms with E-state index in [-0.39, 0.29) is 17.8 Å². The second kappa shape index (κ2) is 9.10. The first-order valence-electron chi connectivity index (χ1n) is 9.98. The summed E-state index contributed by atoms with van der Waals surface area (Å²) in [7, 11) is 0. The number of thiophene rings is 1. The van der Waals surface area contributed by atoms with Crippen molar-refractivity contribution in [1.82, 2.24) is 0 Å².